The number of hydrogen-bond acceptors (Lipinski definition) is 3. The van der Waals surface area contributed by atoms with Crippen LogP contribution in [0.25, 0.3) is 0 Å². The van der Waals surface area contributed by atoms with Crippen LogP contribution in [-0.4, -0.2) is 48.3 Å². The zero-order valence-corrected chi connectivity index (χ0v) is 12.8. The molecule has 2 rings (SSSR count). The number of piperidine rings is 1. The van der Waals surface area contributed by atoms with Crippen LogP contribution in [0.15, 0.2) is 0 Å². The SMILES string of the molecule is CC(C)NCC1(CN2CCC(O)CC2)CCCCC1. The first-order valence-corrected chi connectivity index (χ1v) is 8.23. The van der Waals surface area contributed by atoms with Crippen LogP contribution in [0.2, 0.25) is 0 Å². The van der Waals surface area contributed by atoms with Crippen LogP contribution in [0, 0.1) is 5.41 Å². The van der Waals surface area contributed by atoms with Gasteiger partial charge in [-0.3, -0.25) is 0 Å². The Bertz CT molecular complexity index is 253. The van der Waals surface area contributed by atoms with E-state index >= 15 is 0 Å². The average molecular weight is 268 g/mol. The molecule has 0 unspecified atom stereocenters. The second kappa shape index (κ2) is 7.05. The van der Waals surface area contributed by atoms with Gasteiger partial charge in [-0.1, -0.05) is 33.1 Å². The third-order valence-corrected chi connectivity index (χ3v) is 4.92. The summed E-state index contributed by atoms with van der Waals surface area (Å²) in [5.74, 6) is 0. The third kappa shape index (κ3) is 4.73. The van der Waals surface area contributed by atoms with E-state index in [0.717, 1.165) is 25.9 Å². The van der Waals surface area contributed by atoms with Crippen LogP contribution in [0.1, 0.15) is 58.8 Å². The van der Waals surface area contributed by atoms with Crippen LogP contribution < -0.4 is 5.32 Å². The number of nitrogens with zero attached hydrogens (tertiary/aromatic N) is 1. The fourth-order valence-corrected chi connectivity index (χ4v) is 3.66. The maximum atomic E-state index is 9.63. The molecular weight excluding hydrogens is 236 g/mol. The molecule has 0 spiro atoms. The van der Waals surface area contributed by atoms with E-state index in [-0.39, 0.29) is 6.10 Å². The Kier molecular flexibility index (Phi) is 5.67. The van der Waals surface area contributed by atoms with Crippen LogP contribution in [0.4, 0.5) is 0 Å². The Balaban J connectivity index is 1.89. The molecule has 0 radical (unpaired) electrons. The lowest BCUT2D eigenvalue weighted by atomic mass is 9.73. The third-order valence-electron chi connectivity index (χ3n) is 4.92. The summed E-state index contributed by atoms with van der Waals surface area (Å²) in [5, 5.41) is 13.3. The number of aliphatic hydroxyl groups excluding tert-OH is 1. The van der Waals surface area contributed by atoms with Gasteiger partial charge in [0.25, 0.3) is 0 Å². The van der Waals surface area contributed by atoms with Crippen LogP contribution in [0.3, 0.4) is 0 Å². The molecule has 0 aromatic rings. The Morgan fingerprint density at radius 1 is 1.16 bits per heavy atom. The molecule has 1 aliphatic heterocycles. The van der Waals surface area contributed by atoms with Crippen molar-refractivity contribution in [1.82, 2.24) is 10.2 Å². The minimum atomic E-state index is -0.0488. The van der Waals surface area contributed by atoms with Gasteiger partial charge in [0.1, 0.15) is 0 Å². The molecule has 1 heterocycles. The highest BCUT2D eigenvalue weighted by Gasteiger charge is 2.34. The summed E-state index contributed by atoms with van der Waals surface area (Å²) in [6, 6.07) is 0.585. The molecule has 3 heteroatoms. The quantitative estimate of drug-likeness (QED) is 0.803. The summed E-state index contributed by atoms with van der Waals surface area (Å²) >= 11 is 0. The molecule has 2 N–H and O–H groups in total. The molecule has 0 amide bonds. The fraction of sp³-hybridized carbons (Fsp3) is 1.00. The van der Waals surface area contributed by atoms with E-state index in [1.807, 2.05) is 0 Å². The van der Waals surface area contributed by atoms with E-state index < -0.39 is 0 Å². The van der Waals surface area contributed by atoms with E-state index in [1.165, 1.54) is 45.2 Å². The molecule has 0 bridgehead atoms. The predicted molar refractivity (Wildman–Crippen MR) is 80.3 cm³/mol. The standard InChI is InChI=1S/C16H32N2O/c1-14(2)17-12-16(8-4-3-5-9-16)13-18-10-6-15(19)7-11-18/h14-15,17,19H,3-13H2,1-2H3. The molecule has 1 saturated heterocycles. The minimum Gasteiger partial charge on any atom is -0.393 e. The van der Waals surface area contributed by atoms with Crippen molar-refractivity contribution in [3.63, 3.8) is 0 Å². The normalized spacial score (nSPS) is 25.9. The van der Waals surface area contributed by atoms with Crippen molar-refractivity contribution in [1.29, 1.82) is 0 Å². The van der Waals surface area contributed by atoms with Crippen molar-refractivity contribution >= 4 is 0 Å². The van der Waals surface area contributed by atoms with Crippen molar-refractivity contribution in [2.75, 3.05) is 26.2 Å². The molecule has 112 valence electrons. The summed E-state index contributed by atoms with van der Waals surface area (Å²) in [5.41, 5.74) is 0.491. The van der Waals surface area contributed by atoms with Crippen LogP contribution in [0.5, 0.6) is 0 Å². The van der Waals surface area contributed by atoms with Crippen molar-refractivity contribution in [2.45, 2.75) is 70.9 Å². The first-order chi connectivity index (χ1) is 9.10. The van der Waals surface area contributed by atoms with Crippen LogP contribution in [-0.2, 0) is 0 Å². The number of hydrogen-bond donors (Lipinski definition) is 2. The molecule has 0 atom stereocenters. The largest absolute Gasteiger partial charge is 0.393 e. The maximum absolute atomic E-state index is 9.63. The van der Waals surface area contributed by atoms with E-state index in [9.17, 15) is 5.11 Å². The molecule has 0 aromatic carbocycles. The summed E-state index contributed by atoms with van der Waals surface area (Å²) in [6.45, 7) is 9.07. The smallest absolute Gasteiger partial charge is 0.0564 e. The molecule has 1 aliphatic carbocycles. The van der Waals surface area contributed by atoms with E-state index in [4.69, 9.17) is 0 Å². The van der Waals surface area contributed by atoms with Gasteiger partial charge in [0.05, 0.1) is 6.10 Å². The summed E-state index contributed by atoms with van der Waals surface area (Å²) in [4.78, 5) is 2.60. The lowest BCUT2D eigenvalue weighted by Crippen LogP contribution is -2.49. The molecule has 2 fully saturated rings. The topological polar surface area (TPSA) is 35.5 Å². The highest BCUT2D eigenvalue weighted by atomic mass is 16.3. The number of aliphatic hydroxyl groups is 1. The maximum Gasteiger partial charge on any atom is 0.0564 e. The zero-order chi connectivity index (χ0) is 13.7. The van der Waals surface area contributed by atoms with Gasteiger partial charge in [0.2, 0.25) is 0 Å². The Morgan fingerprint density at radius 3 is 2.37 bits per heavy atom. The Labute approximate surface area is 118 Å². The Hall–Kier alpha value is -0.120. The van der Waals surface area contributed by atoms with Gasteiger partial charge in [-0.25, -0.2) is 0 Å². The highest BCUT2D eigenvalue weighted by Crippen LogP contribution is 2.37. The second-order valence-corrected chi connectivity index (χ2v) is 7.10. The molecule has 3 nitrogen and oxygen atoms in total. The van der Waals surface area contributed by atoms with Crippen LogP contribution >= 0.6 is 0 Å². The molecule has 2 aliphatic rings. The molecular formula is C16H32N2O. The second-order valence-electron chi connectivity index (χ2n) is 7.10. The predicted octanol–water partition coefficient (Wildman–Crippen LogP) is 2.39. The number of nitrogens with one attached hydrogen (secondary N) is 1. The molecule has 1 saturated carbocycles. The van der Waals surface area contributed by atoms with Crippen molar-refractivity contribution in [2.24, 2.45) is 5.41 Å². The lowest BCUT2D eigenvalue weighted by molar-refractivity contribution is 0.0420. The summed E-state index contributed by atoms with van der Waals surface area (Å²) in [6.07, 6.45) is 8.86. The van der Waals surface area contributed by atoms with Gasteiger partial charge in [-0.15, -0.1) is 0 Å². The van der Waals surface area contributed by atoms with Gasteiger partial charge in [-0.2, -0.15) is 0 Å². The zero-order valence-electron chi connectivity index (χ0n) is 12.8. The van der Waals surface area contributed by atoms with Gasteiger partial charge in [0.15, 0.2) is 0 Å². The summed E-state index contributed by atoms with van der Waals surface area (Å²) in [7, 11) is 0. The monoisotopic (exact) mass is 268 g/mol. The van der Waals surface area contributed by atoms with Gasteiger partial charge >= 0.3 is 0 Å². The molecule has 0 aromatic heterocycles. The first-order valence-electron chi connectivity index (χ1n) is 8.23. The van der Waals surface area contributed by atoms with Crippen molar-refractivity contribution in [3.8, 4) is 0 Å². The number of likely N-dealkylation sites (tertiary alicyclic amines) is 1. The van der Waals surface area contributed by atoms with Gasteiger partial charge in [-0.05, 0) is 31.1 Å². The Morgan fingerprint density at radius 2 is 1.79 bits per heavy atom. The highest BCUT2D eigenvalue weighted by molar-refractivity contribution is 4.89. The van der Waals surface area contributed by atoms with E-state index in [2.05, 4.69) is 24.1 Å². The lowest BCUT2D eigenvalue weighted by Gasteiger charge is -2.43. The van der Waals surface area contributed by atoms with Gasteiger partial charge < -0.3 is 15.3 Å². The summed E-state index contributed by atoms with van der Waals surface area (Å²) < 4.78 is 0. The first kappa shape index (κ1) is 15.3. The molecule has 19 heavy (non-hydrogen) atoms. The van der Waals surface area contributed by atoms with Crippen molar-refractivity contribution < 1.29 is 5.11 Å². The average Bonchev–Trinajstić information content (AvgIpc) is 2.41. The van der Waals surface area contributed by atoms with E-state index in [1.54, 1.807) is 0 Å². The van der Waals surface area contributed by atoms with E-state index in [0.29, 0.717) is 11.5 Å². The number of rotatable bonds is 5. The van der Waals surface area contributed by atoms with Crippen molar-refractivity contribution in [3.05, 3.63) is 0 Å². The fourth-order valence-electron chi connectivity index (χ4n) is 3.66. The van der Waals surface area contributed by atoms with Gasteiger partial charge in [0, 0.05) is 32.2 Å². The minimum absolute atomic E-state index is 0.0488.